The van der Waals surface area contributed by atoms with E-state index in [-0.39, 0.29) is 11.6 Å². The number of nitrogens with zero attached hydrogens (tertiary/aromatic N) is 3. The summed E-state index contributed by atoms with van der Waals surface area (Å²) in [6, 6.07) is -0.586. The predicted octanol–water partition coefficient (Wildman–Crippen LogP) is 1.02. The number of thiol groups is 1. The first-order valence-corrected chi connectivity index (χ1v) is 6.12. The summed E-state index contributed by atoms with van der Waals surface area (Å²) in [6.07, 6.45) is 0. The van der Waals surface area contributed by atoms with Gasteiger partial charge < -0.3 is 5.32 Å². The number of amides is 1. The summed E-state index contributed by atoms with van der Waals surface area (Å²) in [5, 5.41) is 17.6. The van der Waals surface area contributed by atoms with E-state index in [2.05, 4.69) is 23.0 Å². The lowest BCUT2D eigenvalue weighted by molar-refractivity contribution is -0.386. The van der Waals surface area contributed by atoms with Crippen molar-refractivity contribution < 1.29 is 9.72 Å². The van der Waals surface area contributed by atoms with Crippen molar-refractivity contribution in [3.63, 3.8) is 0 Å². The third-order valence-corrected chi connectivity index (χ3v) is 2.85. The molecule has 7 nitrogen and oxygen atoms in total. The molecular weight excluding hydrogens is 256 g/mol. The zero-order valence-electron chi connectivity index (χ0n) is 10.5. The van der Waals surface area contributed by atoms with Crippen molar-refractivity contribution in [2.75, 3.05) is 12.3 Å². The molecule has 1 rings (SSSR count). The van der Waals surface area contributed by atoms with E-state index >= 15 is 0 Å². The van der Waals surface area contributed by atoms with E-state index in [0.29, 0.717) is 23.7 Å². The summed E-state index contributed by atoms with van der Waals surface area (Å²) in [5.41, 5.74) is 0.654. The molecule has 1 aromatic heterocycles. The Morgan fingerprint density at radius 2 is 2.22 bits per heavy atom. The molecule has 1 unspecified atom stereocenters. The molecule has 0 spiro atoms. The molecule has 0 aliphatic heterocycles. The van der Waals surface area contributed by atoms with E-state index in [4.69, 9.17) is 0 Å². The van der Waals surface area contributed by atoms with Crippen LogP contribution in [0.1, 0.15) is 24.4 Å². The van der Waals surface area contributed by atoms with Crippen LogP contribution in [-0.2, 0) is 4.79 Å². The maximum atomic E-state index is 11.8. The van der Waals surface area contributed by atoms with E-state index in [9.17, 15) is 14.9 Å². The summed E-state index contributed by atoms with van der Waals surface area (Å²) in [5.74, 6) is 0.306. The van der Waals surface area contributed by atoms with Crippen LogP contribution in [0, 0.1) is 24.0 Å². The molecule has 1 N–H and O–H groups in total. The molecule has 0 saturated heterocycles. The molecular formula is C10H16N4O3S. The zero-order chi connectivity index (χ0) is 13.9. The van der Waals surface area contributed by atoms with E-state index in [0.717, 1.165) is 0 Å². The Balaban J connectivity index is 3.00. The monoisotopic (exact) mass is 272 g/mol. The molecule has 0 aliphatic carbocycles. The lowest BCUT2D eigenvalue weighted by Crippen LogP contribution is -2.33. The third kappa shape index (κ3) is 2.81. The van der Waals surface area contributed by atoms with Crippen molar-refractivity contribution in [1.29, 1.82) is 0 Å². The van der Waals surface area contributed by atoms with Crippen LogP contribution in [-0.4, -0.2) is 32.9 Å². The van der Waals surface area contributed by atoms with Crippen LogP contribution >= 0.6 is 12.6 Å². The molecule has 1 atom stereocenters. The van der Waals surface area contributed by atoms with Gasteiger partial charge in [0.05, 0.1) is 4.92 Å². The van der Waals surface area contributed by atoms with Crippen molar-refractivity contribution in [2.45, 2.75) is 26.8 Å². The molecule has 8 heteroatoms. The van der Waals surface area contributed by atoms with Crippen LogP contribution in [0.3, 0.4) is 0 Å². The number of nitro groups is 1. The normalized spacial score (nSPS) is 12.2. The molecule has 0 fully saturated rings. The SMILES string of the molecule is Cc1nn(C(C)C(=O)NCCS)c(C)c1[N+](=O)[O-]. The number of rotatable bonds is 5. The van der Waals surface area contributed by atoms with Crippen molar-refractivity contribution in [3.05, 3.63) is 21.5 Å². The zero-order valence-corrected chi connectivity index (χ0v) is 11.4. The quantitative estimate of drug-likeness (QED) is 0.475. The molecule has 0 radical (unpaired) electrons. The van der Waals surface area contributed by atoms with Crippen molar-refractivity contribution in [1.82, 2.24) is 15.1 Å². The Morgan fingerprint density at radius 3 is 2.67 bits per heavy atom. The Bertz CT molecular complexity index is 472. The summed E-state index contributed by atoms with van der Waals surface area (Å²) >= 11 is 3.99. The average Bonchev–Trinajstić information content (AvgIpc) is 2.60. The van der Waals surface area contributed by atoms with Gasteiger partial charge in [-0.2, -0.15) is 17.7 Å². The van der Waals surface area contributed by atoms with E-state index in [1.165, 1.54) is 4.68 Å². The van der Waals surface area contributed by atoms with Gasteiger partial charge in [0.1, 0.15) is 17.4 Å². The Labute approximate surface area is 110 Å². The average molecular weight is 272 g/mol. The molecule has 0 aliphatic rings. The molecule has 18 heavy (non-hydrogen) atoms. The fourth-order valence-electron chi connectivity index (χ4n) is 1.73. The number of nitrogens with one attached hydrogen (secondary N) is 1. The first kappa shape index (κ1) is 14.5. The topological polar surface area (TPSA) is 90.1 Å². The minimum atomic E-state index is -0.586. The highest BCUT2D eigenvalue weighted by molar-refractivity contribution is 7.80. The second-order valence-corrected chi connectivity index (χ2v) is 4.36. The number of aryl methyl sites for hydroxylation is 1. The van der Waals surface area contributed by atoms with Crippen molar-refractivity contribution in [3.8, 4) is 0 Å². The van der Waals surface area contributed by atoms with Gasteiger partial charge in [0.2, 0.25) is 5.91 Å². The van der Waals surface area contributed by atoms with Crippen molar-refractivity contribution in [2.24, 2.45) is 0 Å². The van der Waals surface area contributed by atoms with Crippen LogP contribution in [0.5, 0.6) is 0 Å². The molecule has 1 aromatic rings. The summed E-state index contributed by atoms with van der Waals surface area (Å²) < 4.78 is 1.38. The van der Waals surface area contributed by atoms with Crippen molar-refractivity contribution >= 4 is 24.2 Å². The molecule has 0 aromatic carbocycles. The first-order chi connectivity index (χ1) is 8.40. The standard InChI is InChI=1S/C10H16N4O3S/c1-6-9(14(16)17)7(2)13(12-6)8(3)10(15)11-4-5-18/h8,18H,4-5H2,1-3H3,(H,11,15). The Morgan fingerprint density at radius 1 is 1.61 bits per heavy atom. The largest absolute Gasteiger partial charge is 0.353 e. The van der Waals surface area contributed by atoms with Crippen LogP contribution < -0.4 is 5.32 Å². The lowest BCUT2D eigenvalue weighted by atomic mass is 10.3. The summed E-state index contributed by atoms with van der Waals surface area (Å²) in [7, 11) is 0. The number of hydrogen-bond acceptors (Lipinski definition) is 5. The number of carbonyl (C=O) groups excluding carboxylic acids is 1. The second-order valence-electron chi connectivity index (χ2n) is 3.91. The lowest BCUT2D eigenvalue weighted by Gasteiger charge is -2.13. The van der Waals surface area contributed by atoms with E-state index in [1.54, 1.807) is 20.8 Å². The molecule has 1 amide bonds. The van der Waals surface area contributed by atoms with Gasteiger partial charge in [-0.15, -0.1) is 0 Å². The summed E-state index contributed by atoms with van der Waals surface area (Å²) in [4.78, 5) is 22.2. The fraction of sp³-hybridized carbons (Fsp3) is 0.600. The smallest absolute Gasteiger partial charge is 0.312 e. The van der Waals surface area contributed by atoms with Crippen LogP contribution in [0.25, 0.3) is 0 Å². The van der Waals surface area contributed by atoms with Gasteiger partial charge in [-0.3, -0.25) is 19.6 Å². The molecule has 1 heterocycles. The predicted molar refractivity (Wildman–Crippen MR) is 69.9 cm³/mol. The van der Waals surface area contributed by atoms with Gasteiger partial charge in [-0.05, 0) is 20.8 Å². The molecule has 100 valence electrons. The van der Waals surface area contributed by atoms with E-state index < -0.39 is 11.0 Å². The van der Waals surface area contributed by atoms with Gasteiger partial charge >= 0.3 is 5.69 Å². The number of hydrogen-bond donors (Lipinski definition) is 2. The minimum absolute atomic E-state index is 0.0381. The highest BCUT2D eigenvalue weighted by Crippen LogP contribution is 2.24. The van der Waals surface area contributed by atoms with Crippen LogP contribution in [0.2, 0.25) is 0 Å². The second kappa shape index (κ2) is 5.85. The highest BCUT2D eigenvalue weighted by Gasteiger charge is 2.26. The first-order valence-electron chi connectivity index (χ1n) is 5.48. The van der Waals surface area contributed by atoms with Gasteiger partial charge in [0.25, 0.3) is 0 Å². The maximum absolute atomic E-state index is 11.8. The van der Waals surface area contributed by atoms with Crippen LogP contribution in [0.15, 0.2) is 0 Å². The highest BCUT2D eigenvalue weighted by atomic mass is 32.1. The molecule has 0 bridgehead atoms. The molecule has 0 saturated carbocycles. The van der Waals surface area contributed by atoms with Gasteiger partial charge in [-0.25, -0.2) is 0 Å². The summed E-state index contributed by atoms with van der Waals surface area (Å²) in [6.45, 7) is 5.24. The Kier molecular flexibility index (Phi) is 4.71. The third-order valence-electron chi connectivity index (χ3n) is 2.63. The van der Waals surface area contributed by atoms with Gasteiger partial charge in [-0.1, -0.05) is 0 Å². The van der Waals surface area contributed by atoms with Gasteiger partial charge in [0, 0.05) is 12.3 Å². The number of carbonyl (C=O) groups is 1. The number of aromatic nitrogens is 2. The maximum Gasteiger partial charge on any atom is 0.312 e. The van der Waals surface area contributed by atoms with Gasteiger partial charge in [0.15, 0.2) is 0 Å². The fourth-order valence-corrected chi connectivity index (χ4v) is 1.85. The van der Waals surface area contributed by atoms with Crippen LogP contribution in [0.4, 0.5) is 5.69 Å². The Hall–Kier alpha value is -1.57. The van der Waals surface area contributed by atoms with E-state index in [1.807, 2.05) is 0 Å². The minimum Gasteiger partial charge on any atom is -0.353 e.